The topological polar surface area (TPSA) is 55.1 Å². The maximum atomic E-state index is 11.4. The van der Waals surface area contributed by atoms with E-state index in [0.29, 0.717) is 13.1 Å². The van der Waals surface area contributed by atoms with Crippen LogP contribution in [0.25, 0.3) is 0 Å². The van der Waals surface area contributed by atoms with Crippen LogP contribution < -0.4 is 11.1 Å². The lowest BCUT2D eigenvalue weighted by Crippen LogP contribution is -2.35. The maximum absolute atomic E-state index is 11.4. The highest BCUT2D eigenvalue weighted by molar-refractivity contribution is 5.78. The Labute approximate surface area is 73.7 Å². The molecule has 0 atom stereocenters. The van der Waals surface area contributed by atoms with Crippen molar-refractivity contribution in [1.29, 1.82) is 0 Å². The van der Waals surface area contributed by atoms with E-state index in [1.165, 1.54) is 19.3 Å². The Kier molecular flexibility index (Phi) is 4.08. The molecule has 1 amide bonds. The fourth-order valence-corrected chi connectivity index (χ4v) is 1.70. The third-order valence-electron chi connectivity index (χ3n) is 2.42. The molecule has 0 bridgehead atoms. The fourth-order valence-electron chi connectivity index (χ4n) is 1.70. The van der Waals surface area contributed by atoms with Crippen molar-refractivity contribution in [3.8, 4) is 0 Å². The molecule has 1 aliphatic carbocycles. The number of nitrogens with one attached hydrogen (secondary N) is 1. The van der Waals surface area contributed by atoms with Crippen LogP contribution in [-0.2, 0) is 4.79 Å². The summed E-state index contributed by atoms with van der Waals surface area (Å²) in [6.07, 6.45) is 5.84. The molecule has 3 nitrogen and oxygen atoms in total. The number of carbonyl (C=O) groups is 1. The minimum absolute atomic E-state index is 0.208. The van der Waals surface area contributed by atoms with Crippen molar-refractivity contribution in [2.24, 2.45) is 11.7 Å². The zero-order valence-corrected chi connectivity index (χ0v) is 7.51. The predicted octanol–water partition coefficient (Wildman–Crippen LogP) is 0.642. The first kappa shape index (κ1) is 9.52. The van der Waals surface area contributed by atoms with Gasteiger partial charge in [-0.3, -0.25) is 4.79 Å². The van der Waals surface area contributed by atoms with Gasteiger partial charge in [-0.05, 0) is 12.8 Å². The lowest BCUT2D eigenvalue weighted by atomic mass is 9.89. The van der Waals surface area contributed by atoms with Crippen molar-refractivity contribution >= 4 is 5.91 Å². The third kappa shape index (κ3) is 2.81. The van der Waals surface area contributed by atoms with E-state index in [-0.39, 0.29) is 11.8 Å². The van der Waals surface area contributed by atoms with E-state index in [4.69, 9.17) is 5.73 Å². The first-order valence-electron chi connectivity index (χ1n) is 4.82. The molecule has 0 heterocycles. The molecule has 0 unspecified atom stereocenters. The van der Waals surface area contributed by atoms with Crippen LogP contribution in [0.2, 0.25) is 0 Å². The molecular formula is C9H18N2O. The molecule has 0 spiro atoms. The molecule has 12 heavy (non-hydrogen) atoms. The molecule has 0 aromatic heterocycles. The standard InChI is InChI=1S/C9H18N2O/c10-6-7-11-9(12)8-4-2-1-3-5-8/h8H,1-7,10H2,(H,11,12). The highest BCUT2D eigenvalue weighted by atomic mass is 16.1. The quantitative estimate of drug-likeness (QED) is 0.653. The van der Waals surface area contributed by atoms with Gasteiger partial charge in [0.1, 0.15) is 0 Å². The monoisotopic (exact) mass is 170 g/mol. The molecule has 70 valence electrons. The molecule has 3 heteroatoms. The summed E-state index contributed by atoms with van der Waals surface area (Å²) in [7, 11) is 0. The average Bonchev–Trinajstić information content (AvgIpc) is 2.15. The summed E-state index contributed by atoms with van der Waals surface area (Å²) >= 11 is 0. The molecule has 1 fully saturated rings. The molecule has 0 saturated heterocycles. The predicted molar refractivity (Wildman–Crippen MR) is 48.6 cm³/mol. The second kappa shape index (κ2) is 5.14. The van der Waals surface area contributed by atoms with Gasteiger partial charge in [-0.2, -0.15) is 0 Å². The van der Waals surface area contributed by atoms with Crippen LogP contribution in [0, 0.1) is 5.92 Å². The Morgan fingerprint density at radius 1 is 1.33 bits per heavy atom. The van der Waals surface area contributed by atoms with Gasteiger partial charge in [0.15, 0.2) is 0 Å². The Hall–Kier alpha value is -0.570. The van der Waals surface area contributed by atoms with E-state index in [1.807, 2.05) is 0 Å². The Morgan fingerprint density at radius 3 is 2.58 bits per heavy atom. The van der Waals surface area contributed by atoms with Gasteiger partial charge < -0.3 is 11.1 Å². The number of nitrogens with two attached hydrogens (primary N) is 1. The summed E-state index contributed by atoms with van der Waals surface area (Å²) in [5, 5.41) is 2.84. The molecule has 1 saturated carbocycles. The van der Waals surface area contributed by atoms with Crippen LogP contribution in [-0.4, -0.2) is 19.0 Å². The van der Waals surface area contributed by atoms with Crippen molar-refractivity contribution in [2.75, 3.05) is 13.1 Å². The fraction of sp³-hybridized carbons (Fsp3) is 0.889. The molecular weight excluding hydrogens is 152 g/mol. The normalized spacial score (nSPS) is 19.1. The lowest BCUT2D eigenvalue weighted by Gasteiger charge is -2.20. The van der Waals surface area contributed by atoms with Crippen LogP contribution in [0.15, 0.2) is 0 Å². The molecule has 0 aromatic carbocycles. The summed E-state index contributed by atoms with van der Waals surface area (Å²) in [6, 6.07) is 0. The van der Waals surface area contributed by atoms with Crippen molar-refractivity contribution < 1.29 is 4.79 Å². The van der Waals surface area contributed by atoms with Gasteiger partial charge in [-0.25, -0.2) is 0 Å². The highest BCUT2D eigenvalue weighted by Crippen LogP contribution is 2.23. The largest absolute Gasteiger partial charge is 0.355 e. The molecule has 1 aliphatic rings. The van der Waals surface area contributed by atoms with Crippen LogP contribution >= 0.6 is 0 Å². The second-order valence-electron chi connectivity index (χ2n) is 3.41. The van der Waals surface area contributed by atoms with Gasteiger partial charge >= 0.3 is 0 Å². The van der Waals surface area contributed by atoms with Gasteiger partial charge in [0.2, 0.25) is 5.91 Å². The van der Waals surface area contributed by atoms with Crippen LogP contribution in [0.1, 0.15) is 32.1 Å². The zero-order chi connectivity index (χ0) is 8.81. The van der Waals surface area contributed by atoms with E-state index in [1.54, 1.807) is 0 Å². The summed E-state index contributed by atoms with van der Waals surface area (Å²) in [6.45, 7) is 1.16. The number of rotatable bonds is 3. The minimum atomic E-state index is 0.208. The Balaban J connectivity index is 2.20. The Bertz CT molecular complexity index is 141. The van der Waals surface area contributed by atoms with Crippen molar-refractivity contribution in [3.05, 3.63) is 0 Å². The Morgan fingerprint density at radius 2 is 2.00 bits per heavy atom. The van der Waals surface area contributed by atoms with Gasteiger partial charge in [-0.1, -0.05) is 19.3 Å². The van der Waals surface area contributed by atoms with E-state index in [0.717, 1.165) is 12.8 Å². The summed E-state index contributed by atoms with van der Waals surface area (Å²) in [5.41, 5.74) is 5.29. The molecule has 0 aliphatic heterocycles. The minimum Gasteiger partial charge on any atom is -0.355 e. The van der Waals surface area contributed by atoms with Gasteiger partial charge in [0.25, 0.3) is 0 Å². The summed E-state index contributed by atoms with van der Waals surface area (Å²) in [4.78, 5) is 11.4. The highest BCUT2D eigenvalue weighted by Gasteiger charge is 2.19. The van der Waals surface area contributed by atoms with Crippen molar-refractivity contribution in [1.82, 2.24) is 5.32 Å². The van der Waals surface area contributed by atoms with Gasteiger partial charge in [0, 0.05) is 19.0 Å². The SMILES string of the molecule is NCCNC(=O)C1CCCCC1. The number of carbonyl (C=O) groups excluding carboxylic acids is 1. The third-order valence-corrected chi connectivity index (χ3v) is 2.42. The van der Waals surface area contributed by atoms with E-state index in [9.17, 15) is 4.79 Å². The van der Waals surface area contributed by atoms with Crippen LogP contribution in [0.4, 0.5) is 0 Å². The van der Waals surface area contributed by atoms with Crippen LogP contribution in [0.3, 0.4) is 0 Å². The number of hydrogen-bond donors (Lipinski definition) is 2. The van der Waals surface area contributed by atoms with Gasteiger partial charge in [0.05, 0.1) is 0 Å². The molecule has 0 aromatic rings. The molecule has 1 rings (SSSR count). The molecule has 0 radical (unpaired) electrons. The van der Waals surface area contributed by atoms with E-state index >= 15 is 0 Å². The zero-order valence-electron chi connectivity index (χ0n) is 7.51. The first-order chi connectivity index (χ1) is 5.84. The summed E-state index contributed by atoms with van der Waals surface area (Å²) < 4.78 is 0. The van der Waals surface area contributed by atoms with Crippen molar-refractivity contribution in [3.63, 3.8) is 0 Å². The lowest BCUT2D eigenvalue weighted by molar-refractivity contribution is -0.125. The first-order valence-corrected chi connectivity index (χ1v) is 4.82. The van der Waals surface area contributed by atoms with E-state index < -0.39 is 0 Å². The number of hydrogen-bond acceptors (Lipinski definition) is 2. The van der Waals surface area contributed by atoms with E-state index in [2.05, 4.69) is 5.32 Å². The summed E-state index contributed by atoms with van der Waals surface area (Å²) in [5.74, 6) is 0.477. The molecule has 3 N–H and O–H groups in total. The van der Waals surface area contributed by atoms with Crippen LogP contribution in [0.5, 0.6) is 0 Å². The smallest absolute Gasteiger partial charge is 0.223 e. The average molecular weight is 170 g/mol. The van der Waals surface area contributed by atoms with Crippen molar-refractivity contribution in [2.45, 2.75) is 32.1 Å². The van der Waals surface area contributed by atoms with Gasteiger partial charge in [-0.15, -0.1) is 0 Å². The maximum Gasteiger partial charge on any atom is 0.223 e. The second-order valence-corrected chi connectivity index (χ2v) is 3.41. The number of amides is 1.